The molecule has 0 fully saturated rings. The lowest BCUT2D eigenvalue weighted by Gasteiger charge is -2.09. The van der Waals surface area contributed by atoms with Crippen LogP contribution in [-0.2, 0) is 4.79 Å². The summed E-state index contributed by atoms with van der Waals surface area (Å²) in [5, 5.41) is 12.5. The summed E-state index contributed by atoms with van der Waals surface area (Å²) in [5.41, 5.74) is 8.06. The van der Waals surface area contributed by atoms with E-state index in [4.69, 9.17) is 10.8 Å². The van der Waals surface area contributed by atoms with Gasteiger partial charge in [-0.3, -0.25) is 4.79 Å². The molecule has 0 bridgehead atoms. The second kappa shape index (κ2) is 4.39. The van der Waals surface area contributed by atoms with Gasteiger partial charge in [-0.15, -0.1) is 0 Å². The van der Waals surface area contributed by atoms with Crippen molar-refractivity contribution in [3.05, 3.63) is 21.9 Å². The quantitative estimate of drug-likeness (QED) is 0.778. The molecular weight excluding hydrogens is 186 g/mol. The first-order valence-corrected chi connectivity index (χ1v) is 5.05. The summed E-state index contributed by atoms with van der Waals surface area (Å²) in [4.78, 5) is 10.3. The molecule has 1 aromatic rings. The monoisotopic (exact) mass is 199 g/mol. The van der Waals surface area contributed by atoms with Gasteiger partial charge in [0.25, 0.3) is 0 Å². The highest BCUT2D eigenvalue weighted by molar-refractivity contribution is 7.08. The van der Waals surface area contributed by atoms with E-state index in [1.165, 1.54) is 0 Å². The zero-order chi connectivity index (χ0) is 9.84. The van der Waals surface area contributed by atoms with Crippen LogP contribution in [0.15, 0.2) is 10.8 Å². The second-order valence-electron chi connectivity index (χ2n) is 3.05. The molecule has 0 aliphatic rings. The van der Waals surface area contributed by atoms with Crippen molar-refractivity contribution in [3.8, 4) is 0 Å². The van der Waals surface area contributed by atoms with E-state index in [9.17, 15) is 4.79 Å². The summed E-state index contributed by atoms with van der Waals surface area (Å²) in [6, 6.07) is -0.137. The lowest BCUT2D eigenvalue weighted by Crippen LogP contribution is -2.12. The average Bonchev–Trinajstić information content (AvgIpc) is 2.47. The van der Waals surface area contributed by atoms with E-state index < -0.39 is 5.97 Å². The first-order valence-electron chi connectivity index (χ1n) is 4.11. The van der Waals surface area contributed by atoms with E-state index in [1.54, 1.807) is 11.3 Å². The maximum Gasteiger partial charge on any atom is 0.303 e. The number of carboxylic acid groups (broad SMARTS) is 1. The molecule has 0 spiro atoms. The number of nitrogens with two attached hydrogens (primary N) is 1. The highest BCUT2D eigenvalue weighted by atomic mass is 32.1. The number of carbonyl (C=O) groups is 1. The van der Waals surface area contributed by atoms with Gasteiger partial charge in [-0.05, 0) is 35.2 Å². The Morgan fingerprint density at radius 2 is 2.38 bits per heavy atom. The lowest BCUT2D eigenvalue weighted by atomic mass is 10.0. The number of aryl methyl sites for hydroxylation is 1. The van der Waals surface area contributed by atoms with Crippen LogP contribution in [0.25, 0.3) is 0 Å². The molecule has 1 unspecified atom stereocenters. The first kappa shape index (κ1) is 10.2. The summed E-state index contributed by atoms with van der Waals surface area (Å²) in [6.45, 7) is 1.99. The smallest absolute Gasteiger partial charge is 0.303 e. The Hall–Kier alpha value is -0.870. The van der Waals surface area contributed by atoms with Crippen LogP contribution in [0.4, 0.5) is 0 Å². The maximum absolute atomic E-state index is 10.3. The van der Waals surface area contributed by atoms with Crippen molar-refractivity contribution in [2.45, 2.75) is 25.8 Å². The van der Waals surface area contributed by atoms with Crippen LogP contribution in [0.1, 0.15) is 30.0 Å². The minimum absolute atomic E-state index is 0.135. The van der Waals surface area contributed by atoms with Gasteiger partial charge in [-0.2, -0.15) is 11.3 Å². The van der Waals surface area contributed by atoms with Crippen LogP contribution in [0.5, 0.6) is 0 Å². The molecule has 13 heavy (non-hydrogen) atoms. The summed E-state index contributed by atoms with van der Waals surface area (Å²) in [5.74, 6) is -0.789. The Bertz CT molecular complexity index is 296. The van der Waals surface area contributed by atoms with E-state index in [1.807, 2.05) is 17.7 Å². The Morgan fingerprint density at radius 1 is 1.69 bits per heavy atom. The fraction of sp³-hybridized carbons (Fsp3) is 0.444. The Balaban J connectivity index is 2.53. The van der Waals surface area contributed by atoms with E-state index in [0.717, 1.165) is 11.1 Å². The van der Waals surface area contributed by atoms with Gasteiger partial charge in [-0.1, -0.05) is 0 Å². The van der Waals surface area contributed by atoms with Crippen LogP contribution in [0.3, 0.4) is 0 Å². The molecule has 3 N–H and O–H groups in total. The van der Waals surface area contributed by atoms with E-state index in [-0.39, 0.29) is 12.5 Å². The van der Waals surface area contributed by atoms with Crippen molar-refractivity contribution in [2.75, 3.05) is 0 Å². The van der Waals surface area contributed by atoms with E-state index >= 15 is 0 Å². The van der Waals surface area contributed by atoms with Crippen molar-refractivity contribution in [3.63, 3.8) is 0 Å². The Kier molecular flexibility index (Phi) is 3.45. The fourth-order valence-electron chi connectivity index (χ4n) is 1.18. The molecule has 0 saturated heterocycles. The molecule has 4 heteroatoms. The third-order valence-electron chi connectivity index (χ3n) is 1.96. The van der Waals surface area contributed by atoms with E-state index in [2.05, 4.69) is 0 Å². The lowest BCUT2D eigenvalue weighted by molar-refractivity contribution is -0.137. The predicted octanol–water partition coefficient (Wildman–Crippen LogP) is 1.92. The molecule has 3 nitrogen and oxygen atoms in total. The number of thiophene rings is 1. The highest BCUT2D eigenvalue weighted by Gasteiger charge is 2.10. The number of hydrogen-bond acceptors (Lipinski definition) is 3. The van der Waals surface area contributed by atoms with Crippen molar-refractivity contribution >= 4 is 17.3 Å². The van der Waals surface area contributed by atoms with Crippen LogP contribution in [0.2, 0.25) is 0 Å². The highest BCUT2D eigenvalue weighted by Crippen LogP contribution is 2.22. The van der Waals surface area contributed by atoms with Gasteiger partial charge < -0.3 is 10.8 Å². The molecule has 0 saturated carbocycles. The minimum Gasteiger partial charge on any atom is -0.481 e. The minimum atomic E-state index is -0.789. The predicted molar refractivity (Wildman–Crippen MR) is 52.9 cm³/mol. The Morgan fingerprint density at radius 3 is 2.85 bits per heavy atom. The van der Waals surface area contributed by atoms with Crippen LogP contribution in [0, 0.1) is 6.92 Å². The molecule has 1 heterocycles. The average molecular weight is 199 g/mol. The van der Waals surface area contributed by atoms with Crippen LogP contribution < -0.4 is 5.73 Å². The van der Waals surface area contributed by atoms with Gasteiger partial charge in [0.1, 0.15) is 0 Å². The zero-order valence-electron chi connectivity index (χ0n) is 7.49. The first-order chi connectivity index (χ1) is 6.11. The van der Waals surface area contributed by atoms with Crippen LogP contribution >= 0.6 is 11.3 Å². The summed E-state index contributed by atoms with van der Waals surface area (Å²) in [6.07, 6.45) is 0.642. The number of hydrogen-bond donors (Lipinski definition) is 2. The van der Waals surface area contributed by atoms with Gasteiger partial charge in [0, 0.05) is 12.5 Å². The van der Waals surface area contributed by atoms with Crippen molar-refractivity contribution < 1.29 is 9.90 Å². The fourth-order valence-corrected chi connectivity index (χ4v) is 2.10. The van der Waals surface area contributed by atoms with Crippen molar-refractivity contribution in [1.82, 2.24) is 0 Å². The largest absolute Gasteiger partial charge is 0.481 e. The molecule has 0 aromatic carbocycles. The van der Waals surface area contributed by atoms with Crippen LogP contribution in [-0.4, -0.2) is 11.1 Å². The topological polar surface area (TPSA) is 63.3 Å². The van der Waals surface area contributed by atoms with Crippen molar-refractivity contribution in [1.29, 1.82) is 0 Å². The summed E-state index contributed by atoms with van der Waals surface area (Å²) in [7, 11) is 0. The maximum atomic E-state index is 10.3. The number of rotatable bonds is 4. The standard InChI is InChI=1S/C9H13NO2S/c1-6-4-13-5-7(6)8(10)2-3-9(11)12/h4-5,8H,2-3,10H2,1H3,(H,11,12). The Labute approximate surface area is 81.2 Å². The third kappa shape index (κ3) is 2.82. The third-order valence-corrected chi connectivity index (χ3v) is 2.84. The molecule has 0 radical (unpaired) electrons. The normalized spacial score (nSPS) is 12.8. The molecule has 72 valence electrons. The van der Waals surface area contributed by atoms with Gasteiger partial charge in [0.15, 0.2) is 0 Å². The molecule has 0 amide bonds. The number of carboxylic acids is 1. The molecule has 0 aliphatic carbocycles. The van der Waals surface area contributed by atoms with Gasteiger partial charge in [-0.25, -0.2) is 0 Å². The SMILES string of the molecule is Cc1cscc1C(N)CCC(=O)O. The molecule has 1 aromatic heterocycles. The molecule has 1 atom stereocenters. The van der Waals surface area contributed by atoms with Gasteiger partial charge in [0.05, 0.1) is 0 Å². The van der Waals surface area contributed by atoms with Gasteiger partial charge >= 0.3 is 5.97 Å². The van der Waals surface area contributed by atoms with Gasteiger partial charge in [0.2, 0.25) is 0 Å². The molecule has 0 aliphatic heterocycles. The second-order valence-corrected chi connectivity index (χ2v) is 3.79. The molecule has 1 rings (SSSR count). The van der Waals surface area contributed by atoms with Crippen molar-refractivity contribution in [2.24, 2.45) is 5.73 Å². The molecular formula is C9H13NO2S. The number of aliphatic carboxylic acids is 1. The summed E-state index contributed by atoms with van der Waals surface area (Å²) >= 11 is 1.60. The van der Waals surface area contributed by atoms with E-state index in [0.29, 0.717) is 6.42 Å². The summed E-state index contributed by atoms with van der Waals surface area (Å²) < 4.78 is 0. The zero-order valence-corrected chi connectivity index (χ0v) is 8.30.